The Balaban J connectivity index is 2.03. The minimum absolute atomic E-state index is 0.0148. The molecule has 1 fully saturated rings. The summed E-state index contributed by atoms with van der Waals surface area (Å²) in [7, 11) is 0. The fourth-order valence-electron chi connectivity index (χ4n) is 4.37. The van der Waals surface area contributed by atoms with Gasteiger partial charge in [0.15, 0.2) is 11.4 Å². The summed E-state index contributed by atoms with van der Waals surface area (Å²) in [5.74, 6) is -3.81. The van der Waals surface area contributed by atoms with Gasteiger partial charge in [0.1, 0.15) is 11.7 Å². The molecule has 3 aliphatic rings. The first-order valence-electron chi connectivity index (χ1n) is 10.4. The maximum absolute atomic E-state index is 13.1. The number of aliphatic hydroxyl groups excluding tert-OH is 1. The van der Waals surface area contributed by atoms with E-state index < -0.39 is 52.9 Å². The number of fused-ring (bicyclic) bond motifs is 3. The van der Waals surface area contributed by atoms with Crippen molar-refractivity contribution in [3.8, 4) is 0 Å². The number of ketones is 2. The number of ether oxygens (including phenoxy) is 2. The largest absolute Gasteiger partial charge is 0.493 e. The maximum atomic E-state index is 13.1. The van der Waals surface area contributed by atoms with Crippen LogP contribution in [0.15, 0.2) is 34.6 Å². The molecule has 1 aliphatic carbocycles. The van der Waals surface area contributed by atoms with Crippen LogP contribution in [-0.2, 0) is 23.9 Å². The first kappa shape index (κ1) is 22.8. The van der Waals surface area contributed by atoms with Crippen molar-refractivity contribution in [3.63, 3.8) is 0 Å². The lowest BCUT2D eigenvalue weighted by atomic mass is 9.63. The SMILES string of the molecule is CC[C@H](C)/C=C/C1=CC2=C(Cl)C(=O)[C@@]3(C)OC(=O)[C@@H](C(=O)[C@@H](C)[C@H](C)O)[C@@H]3C2CO1. The molecule has 0 amide bonds. The summed E-state index contributed by atoms with van der Waals surface area (Å²) >= 11 is 6.43. The highest BCUT2D eigenvalue weighted by atomic mass is 35.5. The quantitative estimate of drug-likeness (QED) is 0.507. The lowest BCUT2D eigenvalue weighted by Crippen LogP contribution is -2.52. The average molecular weight is 437 g/mol. The number of aliphatic hydroxyl groups is 1. The highest BCUT2D eigenvalue weighted by Crippen LogP contribution is 2.53. The normalized spacial score (nSPS) is 34.0. The summed E-state index contributed by atoms with van der Waals surface area (Å²) in [5, 5.41) is 9.89. The standard InChI is InChI=1S/C23H29ClO6/c1-6-11(2)7-8-14-9-15-16(10-29-14)18-17(20(26)12(3)13(4)25)22(28)30-23(18,5)21(27)19(15)24/h7-9,11-13,16-18,25H,6,10H2,1-5H3/b8-7+/t11-,12-,13-,16?,17+,18-,23-/m0/s1. The number of hydrogen-bond acceptors (Lipinski definition) is 6. The number of halogens is 1. The van der Waals surface area contributed by atoms with E-state index in [0.29, 0.717) is 17.3 Å². The molecule has 2 heterocycles. The van der Waals surface area contributed by atoms with Crippen LogP contribution in [0, 0.1) is 29.6 Å². The lowest BCUT2D eigenvalue weighted by Gasteiger charge is -2.41. The maximum Gasteiger partial charge on any atom is 0.317 e. The van der Waals surface area contributed by atoms with Crippen molar-refractivity contribution in [1.29, 1.82) is 0 Å². The first-order valence-corrected chi connectivity index (χ1v) is 10.8. The van der Waals surface area contributed by atoms with Crippen molar-refractivity contribution >= 4 is 29.1 Å². The Morgan fingerprint density at radius 3 is 2.63 bits per heavy atom. The summed E-state index contributed by atoms with van der Waals surface area (Å²) in [5.41, 5.74) is -0.956. The molecule has 0 radical (unpaired) electrons. The molecule has 0 aromatic heterocycles. The van der Waals surface area contributed by atoms with Crippen LogP contribution in [0.2, 0.25) is 0 Å². The predicted octanol–water partition coefficient (Wildman–Crippen LogP) is 3.33. The fourth-order valence-corrected chi connectivity index (χ4v) is 4.76. The molecule has 0 bridgehead atoms. The van der Waals surface area contributed by atoms with Gasteiger partial charge in [0, 0.05) is 17.8 Å². The van der Waals surface area contributed by atoms with Gasteiger partial charge in [-0.3, -0.25) is 14.4 Å². The van der Waals surface area contributed by atoms with E-state index in [2.05, 4.69) is 13.8 Å². The average Bonchev–Trinajstić information content (AvgIpc) is 3.00. The van der Waals surface area contributed by atoms with Gasteiger partial charge in [0.2, 0.25) is 5.78 Å². The van der Waals surface area contributed by atoms with Gasteiger partial charge in [-0.15, -0.1) is 0 Å². The van der Waals surface area contributed by atoms with Crippen molar-refractivity contribution in [1.82, 2.24) is 0 Å². The highest BCUT2D eigenvalue weighted by molar-refractivity contribution is 6.45. The molecule has 1 N–H and O–H groups in total. The summed E-state index contributed by atoms with van der Waals surface area (Å²) in [6.07, 6.45) is 5.66. The van der Waals surface area contributed by atoms with Gasteiger partial charge in [-0.2, -0.15) is 0 Å². The third-order valence-electron chi connectivity index (χ3n) is 6.74. The van der Waals surface area contributed by atoms with E-state index in [1.54, 1.807) is 13.0 Å². The molecule has 0 spiro atoms. The van der Waals surface area contributed by atoms with E-state index in [4.69, 9.17) is 21.1 Å². The minimum Gasteiger partial charge on any atom is -0.493 e. The van der Waals surface area contributed by atoms with Crippen molar-refractivity contribution < 1.29 is 29.0 Å². The van der Waals surface area contributed by atoms with Gasteiger partial charge >= 0.3 is 5.97 Å². The summed E-state index contributed by atoms with van der Waals surface area (Å²) in [6, 6.07) is 0. The zero-order valence-electron chi connectivity index (χ0n) is 18.0. The smallest absolute Gasteiger partial charge is 0.317 e. The Morgan fingerprint density at radius 1 is 1.37 bits per heavy atom. The minimum atomic E-state index is -1.53. The molecule has 164 valence electrons. The van der Waals surface area contributed by atoms with Crippen LogP contribution < -0.4 is 0 Å². The van der Waals surface area contributed by atoms with E-state index in [0.717, 1.165) is 6.42 Å². The van der Waals surface area contributed by atoms with Crippen LogP contribution in [0.3, 0.4) is 0 Å². The van der Waals surface area contributed by atoms with Crippen LogP contribution in [0.5, 0.6) is 0 Å². The topological polar surface area (TPSA) is 89.9 Å². The number of rotatable bonds is 6. The van der Waals surface area contributed by atoms with Crippen LogP contribution in [-0.4, -0.2) is 41.0 Å². The third-order valence-corrected chi connectivity index (χ3v) is 7.13. The number of carbonyl (C=O) groups excluding carboxylic acids is 3. The Labute approximate surface area is 181 Å². The molecular weight excluding hydrogens is 408 g/mol. The van der Waals surface area contributed by atoms with Gasteiger partial charge in [-0.25, -0.2) is 0 Å². The van der Waals surface area contributed by atoms with Gasteiger partial charge in [0.25, 0.3) is 0 Å². The molecule has 0 aromatic carbocycles. The second-order valence-electron chi connectivity index (χ2n) is 8.77. The number of allylic oxidation sites excluding steroid dienone is 3. The van der Waals surface area contributed by atoms with E-state index in [1.807, 2.05) is 12.2 Å². The second-order valence-corrected chi connectivity index (χ2v) is 9.15. The molecule has 7 atom stereocenters. The molecule has 30 heavy (non-hydrogen) atoms. The van der Waals surface area contributed by atoms with Crippen LogP contribution in [0.1, 0.15) is 41.0 Å². The third kappa shape index (κ3) is 3.65. The monoisotopic (exact) mass is 436 g/mol. The Morgan fingerprint density at radius 2 is 2.03 bits per heavy atom. The fraction of sp³-hybridized carbons (Fsp3) is 0.609. The van der Waals surface area contributed by atoms with E-state index >= 15 is 0 Å². The number of hydrogen-bond donors (Lipinski definition) is 1. The Bertz CT molecular complexity index is 854. The van der Waals surface area contributed by atoms with Crippen LogP contribution in [0.4, 0.5) is 0 Å². The van der Waals surface area contributed by atoms with Crippen LogP contribution >= 0.6 is 11.6 Å². The van der Waals surface area contributed by atoms with Crippen molar-refractivity contribution in [3.05, 3.63) is 34.6 Å². The van der Waals surface area contributed by atoms with E-state index in [-0.39, 0.29) is 11.6 Å². The first-order chi connectivity index (χ1) is 14.0. The molecule has 1 saturated heterocycles. The van der Waals surface area contributed by atoms with Gasteiger partial charge in [-0.1, -0.05) is 44.9 Å². The van der Waals surface area contributed by atoms with Crippen molar-refractivity contribution in [2.75, 3.05) is 6.61 Å². The van der Waals surface area contributed by atoms with Gasteiger partial charge in [-0.05, 0) is 37.5 Å². The lowest BCUT2D eigenvalue weighted by molar-refractivity contribution is -0.158. The summed E-state index contributed by atoms with van der Waals surface area (Å²) in [4.78, 5) is 38.9. The number of carbonyl (C=O) groups is 3. The Hall–Kier alpha value is -1.92. The second kappa shape index (κ2) is 8.31. The molecule has 7 heteroatoms. The molecule has 0 saturated carbocycles. The van der Waals surface area contributed by atoms with Crippen molar-refractivity contribution in [2.45, 2.75) is 52.7 Å². The molecule has 0 aromatic rings. The molecule has 3 rings (SSSR count). The van der Waals surface area contributed by atoms with Crippen molar-refractivity contribution in [2.24, 2.45) is 29.6 Å². The zero-order valence-corrected chi connectivity index (χ0v) is 18.7. The predicted molar refractivity (Wildman–Crippen MR) is 111 cm³/mol. The summed E-state index contributed by atoms with van der Waals surface area (Å²) in [6.45, 7) is 8.94. The number of esters is 1. The number of Topliss-reactive ketones (excluding diaryl/α,β-unsaturated/α-hetero) is 2. The van der Waals surface area contributed by atoms with E-state index in [9.17, 15) is 19.5 Å². The van der Waals surface area contributed by atoms with E-state index in [1.165, 1.54) is 13.8 Å². The molecule has 1 unspecified atom stereocenters. The van der Waals surface area contributed by atoms with Gasteiger partial charge in [0.05, 0.1) is 17.7 Å². The van der Waals surface area contributed by atoms with Crippen LogP contribution in [0.25, 0.3) is 0 Å². The summed E-state index contributed by atoms with van der Waals surface area (Å²) < 4.78 is 11.4. The highest BCUT2D eigenvalue weighted by Gasteiger charge is 2.65. The van der Waals surface area contributed by atoms with Gasteiger partial charge < -0.3 is 14.6 Å². The molecule has 6 nitrogen and oxygen atoms in total. The molecular formula is C23H29ClO6. The molecule has 2 aliphatic heterocycles. The Kier molecular flexibility index (Phi) is 6.30. The zero-order chi connectivity index (χ0) is 22.4.